The van der Waals surface area contributed by atoms with Gasteiger partial charge in [0.2, 0.25) is 0 Å². The summed E-state index contributed by atoms with van der Waals surface area (Å²) in [7, 11) is 0. The third-order valence-electron chi connectivity index (χ3n) is 3.76. The summed E-state index contributed by atoms with van der Waals surface area (Å²) in [4.78, 5) is 14.3. The summed E-state index contributed by atoms with van der Waals surface area (Å²) in [6.07, 6.45) is 6.50. The Hall–Kier alpha value is -2.03. The molecule has 2 N–H and O–H groups in total. The number of carbonyl (C=O) groups is 1. The summed E-state index contributed by atoms with van der Waals surface area (Å²) in [5.74, 6) is -0.441. The van der Waals surface area contributed by atoms with E-state index in [0.29, 0.717) is 5.92 Å². The first-order chi connectivity index (χ1) is 9.19. The maximum absolute atomic E-state index is 11.0. The Bertz CT molecular complexity index is 662. The van der Waals surface area contributed by atoms with Crippen LogP contribution in [0.3, 0.4) is 0 Å². The van der Waals surface area contributed by atoms with E-state index in [4.69, 9.17) is 5.11 Å². The number of benzene rings is 1. The van der Waals surface area contributed by atoms with Gasteiger partial charge in [0.15, 0.2) is 0 Å². The van der Waals surface area contributed by atoms with Gasteiger partial charge in [-0.3, -0.25) is 0 Å². The number of aryl methyl sites for hydroxylation is 1. The number of aromatic nitrogens is 1. The highest BCUT2D eigenvalue weighted by Crippen LogP contribution is 2.43. The minimum atomic E-state index is -0.858. The predicted molar refractivity (Wildman–Crippen MR) is 76.0 cm³/mol. The Balaban J connectivity index is 2.15. The van der Waals surface area contributed by atoms with E-state index in [9.17, 15) is 4.79 Å². The van der Waals surface area contributed by atoms with Gasteiger partial charge in [0.25, 0.3) is 0 Å². The van der Waals surface area contributed by atoms with E-state index in [0.717, 1.165) is 41.3 Å². The van der Waals surface area contributed by atoms with E-state index in [1.54, 1.807) is 0 Å². The van der Waals surface area contributed by atoms with Gasteiger partial charge in [0.1, 0.15) is 0 Å². The first kappa shape index (κ1) is 12.0. The molecular weight excluding hydrogens is 238 g/mol. The van der Waals surface area contributed by atoms with E-state index in [-0.39, 0.29) is 0 Å². The molecule has 3 nitrogen and oxygen atoms in total. The van der Waals surface area contributed by atoms with Crippen molar-refractivity contribution < 1.29 is 9.90 Å². The van der Waals surface area contributed by atoms with Crippen LogP contribution >= 0.6 is 0 Å². The molecule has 0 bridgehead atoms. The van der Waals surface area contributed by atoms with Gasteiger partial charge in [-0.25, -0.2) is 4.79 Å². The molecule has 0 amide bonds. The number of nitrogens with one attached hydrogen (secondary N) is 1. The smallest absolute Gasteiger partial charge is 0.328 e. The molecule has 19 heavy (non-hydrogen) atoms. The quantitative estimate of drug-likeness (QED) is 0.820. The zero-order chi connectivity index (χ0) is 13.4. The Morgan fingerprint density at radius 2 is 2.26 bits per heavy atom. The van der Waals surface area contributed by atoms with Crippen molar-refractivity contribution in [3.8, 4) is 0 Å². The molecule has 1 aromatic carbocycles. The van der Waals surface area contributed by atoms with Crippen LogP contribution in [0.5, 0.6) is 0 Å². The zero-order valence-corrected chi connectivity index (χ0v) is 10.9. The predicted octanol–water partition coefficient (Wildman–Crippen LogP) is 3.61. The fourth-order valence-electron chi connectivity index (χ4n) is 2.57. The topological polar surface area (TPSA) is 53.1 Å². The number of hydrogen-bond donors (Lipinski definition) is 2. The molecular formula is C16H17NO2. The van der Waals surface area contributed by atoms with Crippen molar-refractivity contribution in [2.45, 2.75) is 26.2 Å². The molecule has 1 aliphatic rings. The molecule has 2 aromatic rings. The Labute approximate surface area is 112 Å². The van der Waals surface area contributed by atoms with Gasteiger partial charge in [0.05, 0.1) is 0 Å². The van der Waals surface area contributed by atoms with E-state index in [1.165, 1.54) is 11.6 Å². The van der Waals surface area contributed by atoms with E-state index in [1.807, 2.05) is 6.20 Å². The zero-order valence-electron chi connectivity index (χ0n) is 10.9. The van der Waals surface area contributed by atoms with Crippen molar-refractivity contribution in [1.29, 1.82) is 0 Å². The number of H-pyrrole nitrogens is 1. The lowest BCUT2D eigenvalue weighted by molar-refractivity contribution is -0.131. The average Bonchev–Trinajstić information content (AvgIpc) is 3.15. The second-order valence-electron chi connectivity index (χ2n) is 5.15. The van der Waals surface area contributed by atoms with Gasteiger partial charge >= 0.3 is 5.97 Å². The van der Waals surface area contributed by atoms with Gasteiger partial charge in [-0.15, -0.1) is 0 Å². The largest absolute Gasteiger partial charge is 0.478 e. The standard InChI is InChI=1S/C16H17NO2/c1-2-10-3-6-15-13(7-10)14(9-17-15)12(8-16(18)19)11-4-5-11/h3,6-9,11,17H,2,4-5H2,1H3,(H,18,19)/b12-8+. The molecule has 1 aliphatic carbocycles. The van der Waals surface area contributed by atoms with Crippen molar-refractivity contribution in [1.82, 2.24) is 4.98 Å². The molecule has 1 heterocycles. The number of hydrogen-bond acceptors (Lipinski definition) is 1. The van der Waals surface area contributed by atoms with Gasteiger partial charge in [-0.1, -0.05) is 13.0 Å². The number of aliphatic carboxylic acids is 1. The maximum atomic E-state index is 11.0. The first-order valence-electron chi connectivity index (χ1n) is 6.74. The Morgan fingerprint density at radius 3 is 2.89 bits per heavy atom. The highest BCUT2D eigenvalue weighted by atomic mass is 16.4. The number of rotatable bonds is 4. The second-order valence-corrected chi connectivity index (χ2v) is 5.15. The molecule has 0 spiro atoms. The van der Waals surface area contributed by atoms with Crippen molar-refractivity contribution in [2.24, 2.45) is 5.92 Å². The van der Waals surface area contributed by atoms with Crippen LogP contribution in [-0.4, -0.2) is 16.1 Å². The lowest BCUT2D eigenvalue weighted by Crippen LogP contribution is -1.94. The molecule has 3 rings (SSSR count). The number of carboxylic acids is 1. The lowest BCUT2D eigenvalue weighted by Gasteiger charge is -2.05. The fraction of sp³-hybridized carbons (Fsp3) is 0.312. The number of fused-ring (bicyclic) bond motifs is 1. The van der Waals surface area contributed by atoms with Crippen LogP contribution in [-0.2, 0) is 11.2 Å². The van der Waals surface area contributed by atoms with Crippen LogP contribution < -0.4 is 0 Å². The molecule has 1 fully saturated rings. The summed E-state index contributed by atoms with van der Waals surface area (Å²) in [6, 6.07) is 6.35. The highest BCUT2D eigenvalue weighted by Gasteiger charge is 2.29. The fourth-order valence-corrected chi connectivity index (χ4v) is 2.57. The molecule has 0 atom stereocenters. The average molecular weight is 255 g/mol. The van der Waals surface area contributed by atoms with Gasteiger partial charge in [-0.05, 0) is 48.4 Å². The van der Waals surface area contributed by atoms with E-state index < -0.39 is 5.97 Å². The summed E-state index contributed by atoms with van der Waals surface area (Å²) >= 11 is 0. The molecule has 0 radical (unpaired) electrons. The van der Waals surface area contributed by atoms with E-state index in [2.05, 4.69) is 30.1 Å². The Morgan fingerprint density at radius 1 is 1.47 bits per heavy atom. The summed E-state index contributed by atoms with van der Waals surface area (Å²) in [5, 5.41) is 10.2. The van der Waals surface area contributed by atoms with Crippen molar-refractivity contribution in [2.75, 3.05) is 0 Å². The summed E-state index contributed by atoms with van der Waals surface area (Å²) < 4.78 is 0. The van der Waals surface area contributed by atoms with Crippen LogP contribution in [0.25, 0.3) is 16.5 Å². The molecule has 1 aromatic heterocycles. The van der Waals surface area contributed by atoms with Crippen LogP contribution in [0.15, 0.2) is 30.5 Å². The SMILES string of the molecule is CCc1ccc2[nH]cc(/C(=C/C(=O)O)C3CC3)c2c1. The summed E-state index contributed by atoms with van der Waals surface area (Å²) in [6.45, 7) is 2.13. The molecule has 3 heteroatoms. The van der Waals surface area contributed by atoms with Gasteiger partial charge < -0.3 is 10.1 Å². The van der Waals surface area contributed by atoms with Crippen LogP contribution in [0.4, 0.5) is 0 Å². The van der Waals surface area contributed by atoms with Crippen molar-refractivity contribution in [3.63, 3.8) is 0 Å². The third-order valence-corrected chi connectivity index (χ3v) is 3.76. The Kier molecular flexibility index (Phi) is 2.90. The van der Waals surface area contributed by atoms with Crippen molar-refractivity contribution in [3.05, 3.63) is 41.6 Å². The normalized spacial score (nSPS) is 15.9. The molecule has 98 valence electrons. The maximum Gasteiger partial charge on any atom is 0.328 e. The van der Waals surface area contributed by atoms with Crippen LogP contribution in [0.2, 0.25) is 0 Å². The molecule has 0 aliphatic heterocycles. The van der Waals surface area contributed by atoms with Crippen molar-refractivity contribution >= 4 is 22.4 Å². The third kappa shape index (κ3) is 2.28. The minimum absolute atomic E-state index is 0.417. The molecule has 0 saturated heterocycles. The van der Waals surface area contributed by atoms with Crippen LogP contribution in [0, 0.1) is 5.92 Å². The summed E-state index contributed by atoms with van der Waals surface area (Å²) in [5.41, 5.74) is 4.37. The second kappa shape index (κ2) is 4.57. The van der Waals surface area contributed by atoms with Crippen LogP contribution in [0.1, 0.15) is 30.9 Å². The van der Waals surface area contributed by atoms with Gasteiger partial charge in [0, 0.05) is 28.7 Å². The van der Waals surface area contributed by atoms with E-state index >= 15 is 0 Å². The number of carboxylic acid groups (broad SMARTS) is 1. The molecule has 1 saturated carbocycles. The van der Waals surface area contributed by atoms with Gasteiger partial charge in [-0.2, -0.15) is 0 Å². The number of allylic oxidation sites excluding steroid dienone is 1. The lowest BCUT2D eigenvalue weighted by atomic mass is 9.99. The monoisotopic (exact) mass is 255 g/mol. The first-order valence-corrected chi connectivity index (χ1v) is 6.74. The highest BCUT2D eigenvalue weighted by molar-refractivity contribution is 5.99. The minimum Gasteiger partial charge on any atom is -0.478 e. The molecule has 0 unspecified atom stereocenters. The number of aromatic amines is 1.